The predicted octanol–water partition coefficient (Wildman–Crippen LogP) is 3.47. The lowest BCUT2D eigenvalue weighted by Crippen LogP contribution is -2.31. The van der Waals surface area contributed by atoms with E-state index in [9.17, 15) is 14.0 Å². The fourth-order valence-corrected chi connectivity index (χ4v) is 3.21. The molecule has 1 aromatic carbocycles. The van der Waals surface area contributed by atoms with Crippen LogP contribution in [0.3, 0.4) is 0 Å². The molecular weight excluding hydrogens is 385 g/mol. The Balaban J connectivity index is 1.50. The second kappa shape index (κ2) is 9.10. The molecule has 0 unspecified atom stereocenters. The molecule has 0 spiro atoms. The number of halogens is 2. The number of carbonyl (C=O) groups is 2. The van der Waals surface area contributed by atoms with Crippen LogP contribution in [0.4, 0.5) is 4.39 Å². The molecular formula is C20H21ClFN3O3. The van der Waals surface area contributed by atoms with Gasteiger partial charge in [0.05, 0.1) is 12.2 Å². The summed E-state index contributed by atoms with van der Waals surface area (Å²) in [4.78, 5) is 34.0. The van der Waals surface area contributed by atoms with E-state index in [-0.39, 0.29) is 36.5 Å². The summed E-state index contributed by atoms with van der Waals surface area (Å²) in [7, 11) is 0. The summed E-state index contributed by atoms with van der Waals surface area (Å²) in [5, 5.41) is 0.557. The number of carbonyl (C=O) groups excluding carboxylic acids is 2. The van der Waals surface area contributed by atoms with Crippen LogP contribution >= 0.6 is 11.6 Å². The highest BCUT2D eigenvalue weighted by Gasteiger charge is 2.29. The van der Waals surface area contributed by atoms with Gasteiger partial charge >= 0.3 is 0 Å². The second-order valence-electron chi connectivity index (χ2n) is 6.59. The summed E-state index contributed by atoms with van der Waals surface area (Å²) in [6, 6.07) is 6.59. The zero-order valence-corrected chi connectivity index (χ0v) is 16.3. The van der Waals surface area contributed by atoms with E-state index in [4.69, 9.17) is 16.3 Å². The van der Waals surface area contributed by atoms with E-state index < -0.39 is 5.82 Å². The molecule has 0 N–H and O–H groups in total. The topological polar surface area (TPSA) is 72.4 Å². The van der Waals surface area contributed by atoms with Gasteiger partial charge in [0.2, 0.25) is 11.7 Å². The number of likely N-dealkylation sites (tertiary alicyclic amines) is 1. The zero-order chi connectivity index (χ0) is 20.1. The van der Waals surface area contributed by atoms with Crippen molar-refractivity contribution in [2.45, 2.75) is 38.7 Å². The lowest BCUT2D eigenvalue weighted by Gasteiger charge is -2.17. The smallest absolute Gasteiger partial charge is 0.254 e. The van der Waals surface area contributed by atoms with Gasteiger partial charge in [-0.05, 0) is 30.7 Å². The van der Waals surface area contributed by atoms with Crippen LogP contribution in [0.25, 0.3) is 0 Å². The third-order valence-electron chi connectivity index (χ3n) is 4.67. The minimum atomic E-state index is -0.552. The molecule has 8 heteroatoms. The van der Waals surface area contributed by atoms with Crippen LogP contribution in [0.5, 0.6) is 5.88 Å². The fourth-order valence-electron chi connectivity index (χ4n) is 3.08. The van der Waals surface area contributed by atoms with Gasteiger partial charge in [-0.1, -0.05) is 18.5 Å². The third kappa shape index (κ3) is 4.84. The number of aryl methyl sites for hydroxylation is 1. The molecule has 6 nitrogen and oxygen atoms in total. The highest BCUT2D eigenvalue weighted by Crippen LogP contribution is 2.22. The standard InChI is InChI=1S/C20H21ClFN3O3/c1-2-16-19(22)20(24-12-23-16)28-15-9-10-25(11-15)18(27)8-7-17(26)13-3-5-14(21)6-4-13/h3-6,12,15H,2,7-11H2,1H3/t15-/m1/s1. The van der Waals surface area contributed by atoms with Gasteiger partial charge in [0.1, 0.15) is 12.4 Å². The molecule has 1 amide bonds. The maximum absolute atomic E-state index is 14.2. The van der Waals surface area contributed by atoms with E-state index in [1.54, 1.807) is 36.1 Å². The van der Waals surface area contributed by atoms with Crippen LogP contribution in [0.1, 0.15) is 42.2 Å². The first-order valence-electron chi connectivity index (χ1n) is 9.20. The molecule has 28 heavy (non-hydrogen) atoms. The van der Waals surface area contributed by atoms with Crippen molar-refractivity contribution in [1.82, 2.24) is 14.9 Å². The molecule has 1 aliphatic rings. The number of hydrogen-bond donors (Lipinski definition) is 0. The first-order chi connectivity index (χ1) is 13.5. The molecule has 0 bridgehead atoms. The highest BCUT2D eigenvalue weighted by molar-refractivity contribution is 6.30. The number of amides is 1. The number of rotatable bonds is 7. The van der Waals surface area contributed by atoms with E-state index in [1.807, 2.05) is 0 Å². The van der Waals surface area contributed by atoms with Crippen LogP contribution in [0.2, 0.25) is 5.02 Å². The van der Waals surface area contributed by atoms with E-state index in [2.05, 4.69) is 9.97 Å². The van der Waals surface area contributed by atoms with Gasteiger partial charge in [0.15, 0.2) is 5.78 Å². The van der Waals surface area contributed by atoms with Gasteiger partial charge < -0.3 is 9.64 Å². The number of ether oxygens (including phenoxy) is 1. The Morgan fingerprint density at radius 3 is 2.71 bits per heavy atom. The quantitative estimate of drug-likeness (QED) is 0.659. The highest BCUT2D eigenvalue weighted by atomic mass is 35.5. The Morgan fingerprint density at radius 1 is 1.25 bits per heavy atom. The van der Waals surface area contributed by atoms with Crippen molar-refractivity contribution >= 4 is 23.3 Å². The Bertz CT molecular complexity index is 860. The Kier molecular flexibility index (Phi) is 6.57. The van der Waals surface area contributed by atoms with Gasteiger partial charge in [-0.2, -0.15) is 9.37 Å². The van der Waals surface area contributed by atoms with Gasteiger partial charge in [0, 0.05) is 36.4 Å². The van der Waals surface area contributed by atoms with Crippen molar-refractivity contribution in [2.24, 2.45) is 0 Å². The van der Waals surface area contributed by atoms with Crippen molar-refractivity contribution < 1.29 is 18.7 Å². The zero-order valence-electron chi connectivity index (χ0n) is 15.5. The van der Waals surface area contributed by atoms with Crippen LogP contribution < -0.4 is 4.74 Å². The number of benzene rings is 1. The molecule has 1 aromatic heterocycles. The fraction of sp³-hybridized carbons (Fsp3) is 0.400. The summed E-state index contributed by atoms with van der Waals surface area (Å²) in [5.41, 5.74) is 0.836. The first kappa shape index (κ1) is 20.2. The molecule has 1 atom stereocenters. The maximum Gasteiger partial charge on any atom is 0.254 e. The predicted molar refractivity (Wildman–Crippen MR) is 102 cm³/mol. The summed E-state index contributed by atoms with van der Waals surface area (Å²) < 4.78 is 19.8. The van der Waals surface area contributed by atoms with Crippen molar-refractivity contribution in [2.75, 3.05) is 13.1 Å². The Labute approximate surface area is 167 Å². The molecule has 0 aliphatic carbocycles. The molecule has 2 aromatic rings. The van der Waals surface area contributed by atoms with E-state index >= 15 is 0 Å². The molecule has 2 heterocycles. The second-order valence-corrected chi connectivity index (χ2v) is 7.03. The van der Waals surface area contributed by atoms with Crippen molar-refractivity contribution in [1.29, 1.82) is 0 Å². The van der Waals surface area contributed by atoms with Crippen LogP contribution in [0.15, 0.2) is 30.6 Å². The van der Waals surface area contributed by atoms with Crippen molar-refractivity contribution in [3.63, 3.8) is 0 Å². The number of aromatic nitrogens is 2. The van der Waals surface area contributed by atoms with E-state index in [0.717, 1.165) is 0 Å². The van der Waals surface area contributed by atoms with Gasteiger partial charge in [-0.3, -0.25) is 9.59 Å². The molecule has 3 rings (SSSR count). The summed E-state index contributed by atoms with van der Waals surface area (Å²) in [5.74, 6) is -0.856. The number of ketones is 1. The molecule has 148 valence electrons. The number of Topliss-reactive ketones (excluding diaryl/α,β-unsaturated/α-hetero) is 1. The Hall–Kier alpha value is -2.54. The van der Waals surface area contributed by atoms with E-state index in [1.165, 1.54) is 6.33 Å². The molecule has 1 fully saturated rings. The maximum atomic E-state index is 14.2. The minimum absolute atomic E-state index is 0.0796. The van der Waals surface area contributed by atoms with Crippen LogP contribution in [-0.4, -0.2) is 45.8 Å². The van der Waals surface area contributed by atoms with Crippen molar-refractivity contribution in [3.05, 3.63) is 52.7 Å². The van der Waals surface area contributed by atoms with Crippen molar-refractivity contribution in [3.8, 4) is 5.88 Å². The number of hydrogen-bond acceptors (Lipinski definition) is 5. The minimum Gasteiger partial charge on any atom is -0.470 e. The summed E-state index contributed by atoms with van der Waals surface area (Å²) in [6.07, 6.45) is 2.23. The van der Waals surface area contributed by atoms with Crippen LogP contribution in [-0.2, 0) is 11.2 Å². The lowest BCUT2D eigenvalue weighted by atomic mass is 10.1. The normalized spacial score (nSPS) is 16.2. The van der Waals surface area contributed by atoms with E-state index in [0.29, 0.717) is 42.2 Å². The number of nitrogens with zero attached hydrogens (tertiary/aromatic N) is 3. The monoisotopic (exact) mass is 405 g/mol. The Morgan fingerprint density at radius 2 is 2.00 bits per heavy atom. The summed E-state index contributed by atoms with van der Waals surface area (Å²) in [6.45, 7) is 2.65. The largest absolute Gasteiger partial charge is 0.470 e. The lowest BCUT2D eigenvalue weighted by molar-refractivity contribution is -0.130. The average molecular weight is 406 g/mol. The van der Waals surface area contributed by atoms with Gasteiger partial charge in [0.25, 0.3) is 5.88 Å². The molecule has 1 aliphatic heterocycles. The third-order valence-corrected chi connectivity index (χ3v) is 4.92. The average Bonchev–Trinajstić information content (AvgIpc) is 3.16. The summed E-state index contributed by atoms with van der Waals surface area (Å²) >= 11 is 5.81. The molecule has 0 radical (unpaired) electrons. The SMILES string of the molecule is CCc1ncnc(O[C@@H]2CCN(C(=O)CCC(=O)c3ccc(Cl)cc3)C2)c1F. The van der Waals surface area contributed by atoms with Gasteiger partial charge in [-0.15, -0.1) is 0 Å². The molecule has 1 saturated heterocycles. The van der Waals surface area contributed by atoms with Gasteiger partial charge in [-0.25, -0.2) is 4.98 Å². The first-order valence-corrected chi connectivity index (χ1v) is 9.58. The van der Waals surface area contributed by atoms with Crippen LogP contribution in [0, 0.1) is 5.82 Å². The molecule has 0 saturated carbocycles.